The number of H-pyrrole nitrogens is 1. The van der Waals surface area contributed by atoms with E-state index >= 15 is 0 Å². The first-order valence-corrected chi connectivity index (χ1v) is 4.47. The van der Waals surface area contributed by atoms with Crippen LogP contribution in [0.25, 0.3) is 10.9 Å². The van der Waals surface area contributed by atoms with Crippen LogP contribution < -0.4 is 17.4 Å². The fraction of sp³-hybridized carbons (Fsp3) is 0.0909. The Kier molecular flexibility index (Phi) is 4.87. The summed E-state index contributed by atoms with van der Waals surface area (Å²) in [4.78, 5) is 13.7. The molecule has 0 aliphatic heterocycles. The lowest BCUT2D eigenvalue weighted by Gasteiger charge is -1.99. The fourth-order valence-corrected chi connectivity index (χ4v) is 1.50. The molecule has 0 spiro atoms. The van der Waals surface area contributed by atoms with Gasteiger partial charge in [-0.05, 0) is 18.2 Å². The number of fused-ring (bicyclic) bond motifs is 1. The van der Waals surface area contributed by atoms with E-state index in [1.807, 2.05) is 19.1 Å². The molecule has 0 saturated carbocycles. The van der Waals surface area contributed by atoms with Crippen molar-refractivity contribution in [3.8, 4) is 5.75 Å². The van der Waals surface area contributed by atoms with Gasteiger partial charge in [0.2, 0.25) is 5.75 Å². The van der Waals surface area contributed by atoms with Crippen LogP contribution in [0.4, 0.5) is 0 Å². The van der Waals surface area contributed by atoms with Gasteiger partial charge < -0.3 is 28.1 Å². The summed E-state index contributed by atoms with van der Waals surface area (Å²) in [6, 6.07) is 6.74. The van der Waals surface area contributed by atoms with Crippen LogP contribution in [0, 0.1) is 6.92 Å². The normalized spacial score (nSPS) is 9.24. The van der Waals surface area contributed by atoms with Crippen LogP contribution in [0.3, 0.4) is 0 Å². The van der Waals surface area contributed by atoms with E-state index in [9.17, 15) is 9.90 Å². The largest absolute Gasteiger partial charge is 1.00 e. The van der Waals surface area contributed by atoms with E-state index in [-0.39, 0.29) is 29.2 Å². The highest BCUT2D eigenvalue weighted by Crippen LogP contribution is 2.25. The lowest BCUT2D eigenvalue weighted by molar-refractivity contribution is -0.355. The van der Waals surface area contributed by atoms with E-state index in [0.29, 0.717) is 5.52 Å². The van der Waals surface area contributed by atoms with Crippen LogP contribution >= 0.6 is 0 Å². The molecular formula is C11H12ClNO4. The summed E-state index contributed by atoms with van der Waals surface area (Å²) >= 11 is 0. The summed E-state index contributed by atoms with van der Waals surface area (Å²) in [5.41, 5.74) is 1.22. The number of aromatic amines is 1. The minimum atomic E-state index is -1.13. The molecule has 17 heavy (non-hydrogen) atoms. The Bertz CT molecular complexity index is 556. The number of aromatic hydroxyl groups is 1. The Morgan fingerprint density at radius 2 is 1.82 bits per heavy atom. The third kappa shape index (κ3) is 2.64. The van der Waals surface area contributed by atoms with Crippen molar-refractivity contribution in [3.05, 3.63) is 35.5 Å². The molecule has 5 N–H and O–H groups in total. The molecule has 2 aromatic rings. The van der Waals surface area contributed by atoms with Crippen molar-refractivity contribution in [2.75, 3.05) is 0 Å². The maximum Gasteiger partial charge on any atom is 0.339 e. The molecule has 0 bridgehead atoms. The van der Waals surface area contributed by atoms with Gasteiger partial charge in [-0.2, -0.15) is 0 Å². The summed E-state index contributed by atoms with van der Waals surface area (Å²) in [6.07, 6.45) is 0. The first-order chi connectivity index (χ1) is 7.09. The Hall–Kier alpha value is -1.85. The molecule has 1 aromatic carbocycles. The van der Waals surface area contributed by atoms with Gasteiger partial charge in [0, 0.05) is 13.0 Å². The SMILES string of the molecule is Cc1ccc2ccc(C(=O)O)c(O)c2[nH+]1.O.[Cl-]. The van der Waals surface area contributed by atoms with Crippen molar-refractivity contribution in [3.63, 3.8) is 0 Å². The molecular weight excluding hydrogens is 246 g/mol. The Balaban J connectivity index is 0.00000128. The predicted molar refractivity (Wildman–Crippen MR) is 57.5 cm³/mol. The van der Waals surface area contributed by atoms with E-state index in [4.69, 9.17) is 5.11 Å². The van der Waals surface area contributed by atoms with Gasteiger partial charge in [-0.1, -0.05) is 0 Å². The smallest absolute Gasteiger partial charge is 0.339 e. The highest BCUT2D eigenvalue weighted by Gasteiger charge is 2.16. The van der Waals surface area contributed by atoms with Crippen LogP contribution in [0.5, 0.6) is 5.75 Å². The number of phenols is 1. The molecule has 92 valence electrons. The molecule has 0 fully saturated rings. The molecule has 0 aliphatic rings. The molecule has 5 nitrogen and oxygen atoms in total. The number of hydrogen-bond acceptors (Lipinski definition) is 2. The first-order valence-electron chi connectivity index (χ1n) is 4.47. The third-order valence-electron chi connectivity index (χ3n) is 2.28. The minimum Gasteiger partial charge on any atom is -1.00 e. The molecule has 2 rings (SSSR count). The number of aromatic carboxylic acids is 1. The standard InChI is InChI=1S/C11H9NO3.ClH.H2O/c1-6-2-3-7-4-5-8(11(14)15)10(13)9(7)12-6;;/h2-5,13H,1H3,(H,14,15);1H;1H2. The fourth-order valence-electron chi connectivity index (χ4n) is 1.50. The number of carboxylic acid groups (broad SMARTS) is 1. The molecule has 0 unspecified atom stereocenters. The predicted octanol–water partition coefficient (Wildman–Crippen LogP) is -2.45. The molecule has 0 saturated heterocycles. The van der Waals surface area contributed by atoms with E-state index < -0.39 is 5.97 Å². The molecule has 6 heteroatoms. The second-order valence-electron chi connectivity index (χ2n) is 3.37. The first kappa shape index (κ1) is 15.2. The van der Waals surface area contributed by atoms with Crippen molar-refractivity contribution in [2.45, 2.75) is 6.92 Å². The highest BCUT2D eigenvalue weighted by atomic mass is 35.5. The van der Waals surface area contributed by atoms with Gasteiger partial charge in [0.05, 0.1) is 5.39 Å². The Labute approximate surface area is 103 Å². The van der Waals surface area contributed by atoms with E-state index in [0.717, 1.165) is 11.1 Å². The topological polar surface area (TPSA) is 103 Å². The average molecular weight is 258 g/mol. The molecule has 1 aromatic heterocycles. The Morgan fingerprint density at radius 3 is 2.41 bits per heavy atom. The monoisotopic (exact) mass is 257 g/mol. The quantitative estimate of drug-likeness (QED) is 0.592. The summed E-state index contributed by atoms with van der Waals surface area (Å²) in [7, 11) is 0. The number of nitrogens with one attached hydrogen (secondary N) is 1. The number of pyridine rings is 1. The molecule has 0 radical (unpaired) electrons. The van der Waals surface area contributed by atoms with Gasteiger partial charge in [0.25, 0.3) is 5.52 Å². The number of aryl methyl sites for hydroxylation is 1. The van der Waals surface area contributed by atoms with Crippen LogP contribution in [-0.4, -0.2) is 21.7 Å². The zero-order chi connectivity index (χ0) is 11.0. The second-order valence-corrected chi connectivity index (χ2v) is 3.37. The second kappa shape index (κ2) is 5.47. The molecule has 0 amide bonds. The number of halogens is 1. The van der Waals surface area contributed by atoms with Gasteiger partial charge in [-0.25, -0.2) is 9.78 Å². The lowest BCUT2D eigenvalue weighted by Crippen LogP contribution is -3.00. The zero-order valence-electron chi connectivity index (χ0n) is 8.99. The van der Waals surface area contributed by atoms with Crippen molar-refractivity contribution in [2.24, 2.45) is 0 Å². The van der Waals surface area contributed by atoms with Crippen molar-refractivity contribution < 1.29 is 37.9 Å². The lowest BCUT2D eigenvalue weighted by atomic mass is 10.1. The van der Waals surface area contributed by atoms with Crippen LogP contribution in [0.15, 0.2) is 24.3 Å². The molecule has 0 atom stereocenters. The van der Waals surface area contributed by atoms with Crippen LogP contribution in [-0.2, 0) is 0 Å². The van der Waals surface area contributed by atoms with Crippen LogP contribution in [0.2, 0.25) is 0 Å². The average Bonchev–Trinajstić information content (AvgIpc) is 2.19. The van der Waals surface area contributed by atoms with Gasteiger partial charge in [-0.3, -0.25) is 0 Å². The number of aromatic nitrogens is 1. The summed E-state index contributed by atoms with van der Waals surface area (Å²) in [5.74, 6) is -1.35. The summed E-state index contributed by atoms with van der Waals surface area (Å²) in [6.45, 7) is 1.84. The van der Waals surface area contributed by atoms with Gasteiger partial charge in [0.15, 0.2) is 5.69 Å². The van der Waals surface area contributed by atoms with Crippen LogP contribution in [0.1, 0.15) is 16.1 Å². The van der Waals surface area contributed by atoms with Crippen molar-refractivity contribution in [1.29, 1.82) is 0 Å². The molecule has 1 heterocycles. The van der Waals surface area contributed by atoms with E-state index in [1.165, 1.54) is 6.07 Å². The van der Waals surface area contributed by atoms with Gasteiger partial charge >= 0.3 is 5.97 Å². The van der Waals surface area contributed by atoms with E-state index in [2.05, 4.69) is 4.98 Å². The van der Waals surface area contributed by atoms with Gasteiger partial charge in [-0.15, -0.1) is 0 Å². The zero-order valence-corrected chi connectivity index (χ0v) is 9.75. The third-order valence-corrected chi connectivity index (χ3v) is 2.28. The number of benzene rings is 1. The van der Waals surface area contributed by atoms with Gasteiger partial charge in [0.1, 0.15) is 5.56 Å². The highest BCUT2D eigenvalue weighted by molar-refractivity contribution is 5.97. The summed E-state index contributed by atoms with van der Waals surface area (Å²) in [5, 5.41) is 19.3. The van der Waals surface area contributed by atoms with Crippen molar-refractivity contribution >= 4 is 16.9 Å². The minimum absolute atomic E-state index is 0. The maximum atomic E-state index is 10.8. The number of hydrogen-bond donors (Lipinski definition) is 2. The number of rotatable bonds is 1. The number of carbonyl (C=O) groups is 1. The molecule has 0 aliphatic carbocycles. The number of carboxylic acids is 1. The summed E-state index contributed by atoms with van der Waals surface area (Å²) < 4.78 is 0. The van der Waals surface area contributed by atoms with Crippen molar-refractivity contribution in [1.82, 2.24) is 0 Å². The Morgan fingerprint density at radius 1 is 1.24 bits per heavy atom. The van der Waals surface area contributed by atoms with E-state index in [1.54, 1.807) is 6.07 Å². The maximum absolute atomic E-state index is 10.8.